The Labute approximate surface area is 137 Å². The van der Waals surface area contributed by atoms with E-state index >= 15 is 0 Å². The number of aryl methyl sites for hydroxylation is 1. The molecule has 1 heterocycles. The number of piperazine rings is 1. The highest BCUT2D eigenvalue weighted by Gasteiger charge is 2.26. The lowest BCUT2D eigenvalue weighted by atomic mass is 9.84. The fourth-order valence-electron chi connectivity index (χ4n) is 2.96. The van der Waals surface area contributed by atoms with E-state index in [2.05, 4.69) is 50.8 Å². The number of aliphatic carboxylic acids is 1. The van der Waals surface area contributed by atoms with Gasteiger partial charge in [0.05, 0.1) is 0 Å². The molecule has 0 spiro atoms. The molecular weight excluding hydrogens is 292 g/mol. The maximum atomic E-state index is 11.8. The molecule has 126 valence electrons. The number of hydrogen-bond acceptors (Lipinski definition) is 3. The molecule has 1 aromatic carbocycles. The van der Waals surface area contributed by atoms with Crippen LogP contribution in [0.15, 0.2) is 18.2 Å². The number of anilines is 1. The van der Waals surface area contributed by atoms with Gasteiger partial charge >= 0.3 is 5.97 Å². The monoisotopic (exact) mass is 318 g/mol. The lowest BCUT2D eigenvalue weighted by Crippen LogP contribution is -2.49. The van der Waals surface area contributed by atoms with E-state index in [9.17, 15) is 9.59 Å². The molecular formula is C18H26N2O3. The number of carboxylic acids is 1. The largest absolute Gasteiger partial charge is 0.481 e. The van der Waals surface area contributed by atoms with E-state index in [0.717, 1.165) is 13.1 Å². The maximum Gasteiger partial charge on any atom is 0.312 e. The standard InChI is InChI=1S/C18H26N2O3/c1-13-5-6-15(14(11-13)18(2,3)4)19-7-9-20(10-8-19)16(21)12-17(22)23/h5-6,11H,7-10,12H2,1-4H3,(H,22,23). The molecule has 0 atom stereocenters. The van der Waals surface area contributed by atoms with Crippen LogP contribution >= 0.6 is 0 Å². The fraction of sp³-hybridized carbons (Fsp3) is 0.556. The van der Waals surface area contributed by atoms with Gasteiger partial charge in [-0.05, 0) is 24.0 Å². The van der Waals surface area contributed by atoms with Crippen molar-refractivity contribution >= 4 is 17.6 Å². The van der Waals surface area contributed by atoms with E-state index < -0.39 is 12.4 Å². The molecule has 1 N–H and O–H groups in total. The van der Waals surface area contributed by atoms with Crippen LogP contribution in [-0.4, -0.2) is 48.1 Å². The number of benzene rings is 1. The van der Waals surface area contributed by atoms with Crippen LogP contribution in [-0.2, 0) is 15.0 Å². The molecule has 1 aliphatic heterocycles. The lowest BCUT2D eigenvalue weighted by molar-refractivity contribution is -0.144. The van der Waals surface area contributed by atoms with Crippen molar-refractivity contribution in [2.75, 3.05) is 31.1 Å². The summed E-state index contributed by atoms with van der Waals surface area (Å²) in [4.78, 5) is 26.5. The SMILES string of the molecule is Cc1ccc(N2CCN(C(=O)CC(=O)O)CC2)c(C(C)(C)C)c1. The van der Waals surface area contributed by atoms with Gasteiger partial charge in [0, 0.05) is 31.9 Å². The van der Waals surface area contributed by atoms with E-state index in [4.69, 9.17) is 5.11 Å². The summed E-state index contributed by atoms with van der Waals surface area (Å²) in [5.41, 5.74) is 3.82. The van der Waals surface area contributed by atoms with Crippen molar-refractivity contribution in [1.82, 2.24) is 4.90 Å². The first-order chi connectivity index (χ1) is 10.7. The van der Waals surface area contributed by atoms with Crippen molar-refractivity contribution in [3.63, 3.8) is 0 Å². The summed E-state index contributed by atoms with van der Waals surface area (Å²) in [6.07, 6.45) is -0.419. The second kappa shape index (κ2) is 6.60. The summed E-state index contributed by atoms with van der Waals surface area (Å²) in [5.74, 6) is -1.36. The van der Waals surface area contributed by atoms with Crippen molar-refractivity contribution in [3.8, 4) is 0 Å². The Kier molecular flexibility index (Phi) is 4.97. The van der Waals surface area contributed by atoms with E-state index in [-0.39, 0.29) is 11.3 Å². The van der Waals surface area contributed by atoms with Gasteiger partial charge in [0.1, 0.15) is 6.42 Å². The van der Waals surface area contributed by atoms with Crippen molar-refractivity contribution in [3.05, 3.63) is 29.3 Å². The molecule has 0 aromatic heterocycles. The molecule has 0 unspecified atom stereocenters. The molecule has 0 radical (unpaired) electrons. The predicted octanol–water partition coefficient (Wildman–Crippen LogP) is 2.42. The van der Waals surface area contributed by atoms with Gasteiger partial charge in [0.2, 0.25) is 5.91 Å². The zero-order chi connectivity index (χ0) is 17.2. The van der Waals surface area contributed by atoms with E-state index in [1.165, 1.54) is 16.8 Å². The highest BCUT2D eigenvalue weighted by Crippen LogP contribution is 2.33. The van der Waals surface area contributed by atoms with E-state index in [0.29, 0.717) is 13.1 Å². The second-order valence-corrected chi connectivity index (χ2v) is 7.21. The Bertz CT molecular complexity index is 597. The molecule has 5 nitrogen and oxygen atoms in total. The van der Waals surface area contributed by atoms with Crippen LogP contribution in [0.1, 0.15) is 38.3 Å². The lowest BCUT2D eigenvalue weighted by Gasteiger charge is -2.38. The zero-order valence-corrected chi connectivity index (χ0v) is 14.4. The fourth-order valence-corrected chi connectivity index (χ4v) is 2.96. The molecule has 1 aromatic rings. The quantitative estimate of drug-likeness (QED) is 0.870. The minimum atomic E-state index is -1.06. The molecule has 0 aliphatic carbocycles. The highest BCUT2D eigenvalue weighted by molar-refractivity contribution is 5.93. The van der Waals surface area contributed by atoms with Gasteiger partial charge in [-0.3, -0.25) is 9.59 Å². The third-order valence-electron chi connectivity index (χ3n) is 4.24. The summed E-state index contributed by atoms with van der Waals surface area (Å²) in [7, 11) is 0. The first-order valence-corrected chi connectivity index (χ1v) is 8.04. The normalized spacial score (nSPS) is 15.7. The first-order valence-electron chi connectivity index (χ1n) is 8.04. The molecule has 0 bridgehead atoms. The van der Waals surface area contributed by atoms with E-state index in [1.54, 1.807) is 4.90 Å². The maximum absolute atomic E-state index is 11.8. The van der Waals surface area contributed by atoms with Gasteiger partial charge in [-0.1, -0.05) is 38.5 Å². The summed E-state index contributed by atoms with van der Waals surface area (Å²) < 4.78 is 0. The minimum Gasteiger partial charge on any atom is -0.481 e. The topological polar surface area (TPSA) is 60.9 Å². The average molecular weight is 318 g/mol. The summed E-state index contributed by atoms with van der Waals surface area (Å²) in [6, 6.07) is 6.51. The molecule has 2 rings (SSSR count). The van der Waals surface area contributed by atoms with Crippen LogP contribution in [0.2, 0.25) is 0 Å². The smallest absolute Gasteiger partial charge is 0.312 e. The molecule has 1 amide bonds. The van der Waals surface area contributed by atoms with Crippen LogP contribution in [0.4, 0.5) is 5.69 Å². The van der Waals surface area contributed by atoms with E-state index in [1.807, 2.05) is 0 Å². The molecule has 1 fully saturated rings. The number of nitrogens with zero attached hydrogens (tertiary/aromatic N) is 2. The van der Waals surface area contributed by atoms with Gasteiger partial charge in [-0.15, -0.1) is 0 Å². The van der Waals surface area contributed by atoms with Crippen LogP contribution in [0, 0.1) is 6.92 Å². The number of carboxylic acid groups (broad SMARTS) is 1. The van der Waals surface area contributed by atoms with Crippen LogP contribution in [0.5, 0.6) is 0 Å². The number of hydrogen-bond donors (Lipinski definition) is 1. The van der Waals surface area contributed by atoms with Crippen molar-refractivity contribution in [2.45, 2.75) is 39.5 Å². The third kappa shape index (κ3) is 4.24. The molecule has 1 saturated heterocycles. The Morgan fingerprint density at radius 1 is 1.13 bits per heavy atom. The first kappa shape index (κ1) is 17.3. The molecule has 0 saturated carbocycles. The Balaban J connectivity index is 2.12. The van der Waals surface area contributed by atoms with Crippen LogP contribution < -0.4 is 4.90 Å². The van der Waals surface area contributed by atoms with Gasteiger partial charge in [0.25, 0.3) is 0 Å². The van der Waals surface area contributed by atoms with Crippen molar-refractivity contribution in [2.24, 2.45) is 0 Å². The molecule has 23 heavy (non-hydrogen) atoms. The van der Waals surface area contributed by atoms with Gasteiger partial charge in [0.15, 0.2) is 0 Å². The average Bonchev–Trinajstić information content (AvgIpc) is 2.46. The van der Waals surface area contributed by atoms with Crippen molar-refractivity contribution in [1.29, 1.82) is 0 Å². The molecule has 1 aliphatic rings. The number of carbonyl (C=O) groups is 2. The van der Waals surface area contributed by atoms with Gasteiger partial charge in [-0.25, -0.2) is 0 Å². The number of carbonyl (C=O) groups excluding carboxylic acids is 1. The van der Waals surface area contributed by atoms with Crippen LogP contribution in [0.25, 0.3) is 0 Å². The molecule has 5 heteroatoms. The Morgan fingerprint density at radius 3 is 2.26 bits per heavy atom. The highest BCUT2D eigenvalue weighted by atomic mass is 16.4. The second-order valence-electron chi connectivity index (χ2n) is 7.21. The van der Waals surface area contributed by atoms with Crippen LogP contribution in [0.3, 0.4) is 0 Å². The Morgan fingerprint density at radius 2 is 1.74 bits per heavy atom. The minimum absolute atomic E-state index is 0.0532. The number of amides is 1. The summed E-state index contributed by atoms with van der Waals surface area (Å²) >= 11 is 0. The predicted molar refractivity (Wildman–Crippen MR) is 90.9 cm³/mol. The van der Waals surface area contributed by atoms with Crippen molar-refractivity contribution < 1.29 is 14.7 Å². The number of rotatable bonds is 3. The summed E-state index contributed by atoms with van der Waals surface area (Å²) in [5, 5.41) is 8.74. The zero-order valence-electron chi connectivity index (χ0n) is 14.4. The summed E-state index contributed by atoms with van der Waals surface area (Å²) in [6.45, 7) is 11.3. The van der Waals surface area contributed by atoms with Gasteiger partial charge < -0.3 is 14.9 Å². The van der Waals surface area contributed by atoms with Gasteiger partial charge in [-0.2, -0.15) is 0 Å². The Hall–Kier alpha value is -2.04. The third-order valence-corrected chi connectivity index (χ3v) is 4.24.